The van der Waals surface area contributed by atoms with E-state index in [1.54, 1.807) is 0 Å². The van der Waals surface area contributed by atoms with Crippen LogP contribution in [0.2, 0.25) is 0 Å². The van der Waals surface area contributed by atoms with Gasteiger partial charge in [-0.05, 0) is 50.4 Å². The maximum absolute atomic E-state index is 13.0. The van der Waals surface area contributed by atoms with Crippen molar-refractivity contribution in [3.63, 3.8) is 0 Å². The third kappa shape index (κ3) is 4.11. The van der Waals surface area contributed by atoms with E-state index in [1.807, 2.05) is 11.8 Å². The first kappa shape index (κ1) is 18.3. The van der Waals surface area contributed by atoms with Crippen molar-refractivity contribution < 1.29 is 9.69 Å². The Hall–Kier alpha value is -0.0600. The van der Waals surface area contributed by atoms with Crippen LogP contribution in [0.5, 0.6) is 0 Å². The van der Waals surface area contributed by atoms with Crippen molar-refractivity contribution >= 4 is 17.5 Å². The lowest BCUT2D eigenvalue weighted by atomic mass is 9.70. The molecule has 4 heteroatoms. The van der Waals surface area contributed by atoms with Gasteiger partial charge in [-0.1, -0.05) is 50.3 Å². The summed E-state index contributed by atoms with van der Waals surface area (Å²) >= 11 is 1.95. The molecular weight excluding hydrogens is 328 g/mol. The molecule has 0 bridgehead atoms. The lowest BCUT2D eigenvalue weighted by molar-refractivity contribution is -0.922. The number of carbonyl (C=O) groups excluding carboxylic acids is 1. The van der Waals surface area contributed by atoms with E-state index in [0.717, 1.165) is 24.7 Å². The van der Waals surface area contributed by atoms with Crippen LogP contribution in [0.1, 0.15) is 83.5 Å². The summed E-state index contributed by atoms with van der Waals surface area (Å²) in [5.41, 5.74) is 6.54. The molecule has 25 heavy (non-hydrogen) atoms. The molecule has 1 heterocycles. The molecule has 4 rings (SSSR count). The summed E-state index contributed by atoms with van der Waals surface area (Å²) in [5.74, 6) is 2.76. The van der Waals surface area contributed by atoms with Crippen LogP contribution in [-0.4, -0.2) is 29.1 Å². The van der Waals surface area contributed by atoms with Gasteiger partial charge in [-0.25, -0.2) is 0 Å². The Morgan fingerprint density at radius 2 is 1.48 bits per heavy atom. The predicted molar refractivity (Wildman–Crippen MR) is 104 cm³/mol. The minimum atomic E-state index is 0.135. The number of Topliss-reactive ketones (excluding diaryl/α,β-unsaturated/α-hetero) is 1. The van der Waals surface area contributed by atoms with E-state index < -0.39 is 0 Å². The standard InChI is InChI=1S/C21H36N2OS/c22-21-23(18-8-4-5-9-20(18)25-21)14-19(24)17-12-10-16(11-13-17)15-6-2-1-3-7-15/h15-18,20-21H,1-14,22H2/p+1. The highest BCUT2D eigenvalue weighted by molar-refractivity contribution is 8.00. The number of hydrogen-bond donors (Lipinski definition) is 2. The monoisotopic (exact) mass is 365 g/mol. The van der Waals surface area contributed by atoms with Crippen molar-refractivity contribution in [2.24, 2.45) is 23.5 Å². The predicted octanol–water partition coefficient (Wildman–Crippen LogP) is 3.13. The van der Waals surface area contributed by atoms with Gasteiger partial charge in [0.15, 0.2) is 11.3 Å². The molecule has 4 atom stereocenters. The molecule has 0 aromatic carbocycles. The zero-order chi connectivity index (χ0) is 17.2. The van der Waals surface area contributed by atoms with Gasteiger partial charge < -0.3 is 4.90 Å². The molecule has 1 saturated heterocycles. The van der Waals surface area contributed by atoms with Crippen molar-refractivity contribution in [2.75, 3.05) is 6.54 Å². The lowest BCUT2D eigenvalue weighted by Crippen LogP contribution is -3.19. The van der Waals surface area contributed by atoms with Crippen molar-refractivity contribution in [1.82, 2.24) is 0 Å². The molecule has 3 aliphatic carbocycles. The number of nitrogens with two attached hydrogens (primary N) is 1. The highest BCUT2D eigenvalue weighted by Crippen LogP contribution is 2.40. The highest BCUT2D eigenvalue weighted by Gasteiger charge is 2.46. The van der Waals surface area contributed by atoms with Gasteiger partial charge in [0.1, 0.15) is 12.6 Å². The number of thioether (sulfide) groups is 1. The summed E-state index contributed by atoms with van der Waals surface area (Å²) in [4.78, 5) is 14.4. The van der Waals surface area contributed by atoms with Crippen molar-refractivity contribution in [2.45, 2.75) is 100 Å². The smallest absolute Gasteiger partial charge is 0.189 e. The number of carbonyl (C=O) groups is 1. The van der Waals surface area contributed by atoms with E-state index in [2.05, 4.69) is 0 Å². The van der Waals surface area contributed by atoms with Gasteiger partial charge in [0, 0.05) is 12.3 Å². The van der Waals surface area contributed by atoms with Crippen LogP contribution in [0.25, 0.3) is 0 Å². The summed E-state index contributed by atoms with van der Waals surface area (Å²) in [6, 6.07) is 0.649. The molecule has 3 N–H and O–H groups in total. The summed E-state index contributed by atoms with van der Waals surface area (Å²) in [6.07, 6.45) is 17.5. The molecule has 4 unspecified atom stereocenters. The molecule has 4 aliphatic rings. The molecule has 142 valence electrons. The summed E-state index contributed by atoms with van der Waals surface area (Å²) in [5, 5.41) is 0.716. The lowest BCUT2D eigenvalue weighted by Gasteiger charge is -2.36. The third-order valence-electron chi connectivity index (χ3n) is 7.79. The minimum Gasteiger partial charge on any atom is -0.302 e. The molecule has 0 aromatic rings. The summed E-state index contributed by atoms with van der Waals surface area (Å²) in [7, 11) is 0. The van der Waals surface area contributed by atoms with E-state index in [4.69, 9.17) is 5.73 Å². The molecule has 0 spiro atoms. The highest BCUT2D eigenvalue weighted by atomic mass is 32.2. The van der Waals surface area contributed by atoms with Crippen LogP contribution in [0, 0.1) is 17.8 Å². The van der Waals surface area contributed by atoms with Crippen LogP contribution in [0.4, 0.5) is 0 Å². The quantitative estimate of drug-likeness (QED) is 0.805. The first-order valence-electron chi connectivity index (χ1n) is 11.0. The zero-order valence-corrected chi connectivity index (χ0v) is 16.6. The molecular formula is C21H37N2OS+. The first-order chi connectivity index (χ1) is 12.2. The Labute approximate surface area is 157 Å². The zero-order valence-electron chi connectivity index (χ0n) is 15.8. The van der Waals surface area contributed by atoms with Gasteiger partial charge in [-0.3, -0.25) is 10.5 Å². The fourth-order valence-corrected chi connectivity index (χ4v) is 7.88. The van der Waals surface area contributed by atoms with Gasteiger partial charge in [0.2, 0.25) is 0 Å². The molecule has 3 saturated carbocycles. The van der Waals surface area contributed by atoms with E-state index in [1.165, 1.54) is 75.5 Å². The average Bonchev–Trinajstić information content (AvgIpc) is 2.98. The number of nitrogens with one attached hydrogen (secondary N) is 1. The van der Waals surface area contributed by atoms with Gasteiger partial charge in [-0.15, -0.1) is 0 Å². The average molecular weight is 366 g/mol. The van der Waals surface area contributed by atoms with Crippen molar-refractivity contribution in [1.29, 1.82) is 0 Å². The Morgan fingerprint density at radius 1 is 0.840 bits per heavy atom. The van der Waals surface area contributed by atoms with Crippen LogP contribution < -0.4 is 10.6 Å². The van der Waals surface area contributed by atoms with Crippen molar-refractivity contribution in [3.05, 3.63) is 0 Å². The number of hydrogen-bond acceptors (Lipinski definition) is 3. The first-order valence-corrected chi connectivity index (χ1v) is 12.0. The minimum absolute atomic E-state index is 0.135. The number of fused-ring (bicyclic) bond motifs is 1. The third-order valence-corrected chi connectivity index (χ3v) is 9.30. The summed E-state index contributed by atoms with van der Waals surface area (Å²) < 4.78 is 0. The van der Waals surface area contributed by atoms with Crippen LogP contribution in [0.3, 0.4) is 0 Å². The number of quaternary nitrogens is 1. The van der Waals surface area contributed by atoms with Gasteiger partial charge in [0.25, 0.3) is 0 Å². The van der Waals surface area contributed by atoms with E-state index in [9.17, 15) is 4.79 Å². The Kier molecular flexibility index (Phi) is 6.09. The fraction of sp³-hybridized carbons (Fsp3) is 0.952. The van der Waals surface area contributed by atoms with E-state index in [0.29, 0.717) is 29.5 Å². The maximum Gasteiger partial charge on any atom is 0.189 e. The molecule has 0 radical (unpaired) electrons. The second-order valence-corrected chi connectivity index (χ2v) is 10.6. The largest absolute Gasteiger partial charge is 0.302 e. The molecule has 0 aromatic heterocycles. The summed E-state index contributed by atoms with van der Waals surface area (Å²) in [6.45, 7) is 0.702. The van der Waals surface area contributed by atoms with Crippen molar-refractivity contribution in [3.8, 4) is 0 Å². The SMILES string of the molecule is NC1SC2CCCCC2[NH+]1CC(=O)C1CCC(C2CCCCC2)CC1. The molecule has 0 amide bonds. The fourth-order valence-electron chi connectivity index (χ4n) is 6.27. The second-order valence-electron chi connectivity index (χ2n) is 9.21. The van der Waals surface area contributed by atoms with E-state index >= 15 is 0 Å². The van der Waals surface area contributed by atoms with Crippen LogP contribution in [0.15, 0.2) is 0 Å². The molecule has 4 fully saturated rings. The Bertz CT molecular complexity index is 457. The number of rotatable bonds is 4. The Morgan fingerprint density at radius 3 is 2.24 bits per heavy atom. The Balaban J connectivity index is 1.27. The van der Waals surface area contributed by atoms with Crippen LogP contribution >= 0.6 is 11.8 Å². The van der Waals surface area contributed by atoms with Gasteiger partial charge in [-0.2, -0.15) is 0 Å². The van der Waals surface area contributed by atoms with Gasteiger partial charge >= 0.3 is 0 Å². The maximum atomic E-state index is 13.0. The number of ketones is 1. The second kappa shape index (κ2) is 8.31. The van der Waals surface area contributed by atoms with E-state index in [-0.39, 0.29) is 5.50 Å². The van der Waals surface area contributed by atoms with Crippen LogP contribution in [-0.2, 0) is 4.79 Å². The topological polar surface area (TPSA) is 47.5 Å². The normalized spacial score (nSPS) is 42.9. The van der Waals surface area contributed by atoms with Gasteiger partial charge in [0.05, 0.1) is 5.25 Å². The molecule has 3 nitrogen and oxygen atoms in total. The molecule has 1 aliphatic heterocycles.